The summed E-state index contributed by atoms with van der Waals surface area (Å²) in [6, 6.07) is 0. The molecular weight excluding hydrogens is 291 g/mol. The van der Waals surface area contributed by atoms with Gasteiger partial charge in [0.05, 0.1) is 0 Å². The van der Waals surface area contributed by atoms with E-state index in [1.807, 2.05) is 0 Å². The van der Waals surface area contributed by atoms with Crippen molar-refractivity contribution in [1.29, 1.82) is 0 Å². The second kappa shape index (κ2) is 10.7. The minimum Gasteiger partial charge on any atom is -0.388 e. The molecule has 0 aliphatic heterocycles. The molecule has 0 aromatic rings. The molecule has 0 spiro atoms. The third-order valence-electron chi connectivity index (χ3n) is 1.78. The minimum absolute atomic E-state index is 0.629. The maximum Gasteiger partial charge on any atom is 0.0389 e. The summed E-state index contributed by atoms with van der Waals surface area (Å²) in [7, 11) is 0. The Kier molecular flexibility index (Phi) is 10.3. The molecule has 80 valence electrons. The fraction of sp³-hybridized carbons (Fsp3) is 0.778. The molecule has 0 saturated carbocycles. The van der Waals surface area contributed by atoms with Gasteiger partial charge in [0, 0.05) is 28.1 Å². The van der Waals surface area contributed by atoms with Crippen molar-refractivity contribution < 1.29 is 0 Å². The summed E-state index contributed by atoms with van der Waals surface area (Å²) in [4.78, 5) is 2.70. The van der Waals surface area contributed by atoms with Gasteiger partial charge in [-0.3, -0.25) is 0 Å². The highest BCUT2D eigenvalue weighted by Crippen LogP contribution is 2.00. The van der Waals surface area contributed by atoms with E-state index in [4.69, 9.17) is 5.53 Å². The summed E-state index contributed by atoms with van der Waals surface area (Å²) in [5, 5.41) is 6.73. The molecule has 1 N–H and O–H groups in total. The Labute approximate surface area is 98.9 Å². The summed E-state index contributed by atoms with van der Waals surface area (Å²) in [5.74, 6) is 0. The smallest absolute Gasteiger partial charge is 0.0389 e. The molecule has 0 fully saturated rings. The standard InChI is InChI=1S/C9H17IN4/c1-9(8-10)12-6-4-2-3-5-7-13-14-11/h12H,1-8H2. The van der Waals surface area contributed by atoms with E-state index < -0.39 is 0 Å². The molecule has 0 atom stereocenters. The van der Waals surface area contributed by atoms with Crippen molar-refractivity contribution in [2.24, 2.45) is 5.11 Å². The molecule has 0 aliphatic rings. The Morgan fingerprint density at radius 2 is 2.07 bits per heavy atom. The number of halogens is 1. The fourth-order valence-electron chi connectivity index (χ4n) is 1.02. The lowest BCUT2D eigenvalue weighted by atomic mass is 10.2. The van der Waals surface area contributed by atoms with Gasteiger partial charge < -0.3 is 5.32 Å². The van der Waals surface area contributed by atoms with Crippen LogP contribution in [-0.2, 0) is 0 Å². The van der Waals surface area contributed by atoms with Crippen LogP contribution in [0.3, 0.4) is 0 Å². The van der Waals surface area contributed by atoms with Crippen LogP contribution in [0, 0.1) is 0 Å². The van der Waals surface area contributed by atoms with Gasteiger partial charge in [0.25, 0.3) is 0 Å². The van der Waals surface area contributed by atoms with Gasteiger partial charge in [0.2, 0.25) is 0 Å². The largest absolute Gasteiger partial charge is 0.388 e. The minimum atomic E-state index is 0.629. The molecule has 0 saturated heterocycles. The first-order valence-electron chi connectivity index (χ1n) is 4.79. The van der Waals surface area contributed by atoms with Crippen molar-refractivity contribution >= 4 is 22.6 Å². The number of hydrogen-bond donors (Lipinski definition) is 1. The quantitative estimate of drug-likeness (QED) is 0.174. The first-order valence-corrected chi connectivity index (χ1v) is 6.32. The topological polar surface area (TPSA) is 60.8 Å². The van der Waals surface area contributed by atoms with E-state index in [1.165, 1.54) is 6.42 Å². The SMILES string of the molecule is C=C(CI)NCCCCCCN=[N+]=[N-]. The predicted molar refractivity (Wildman–Crippen MR) is 68.5 cm³/mol. The van der Waals surface area contributed by atoms with E-state index in [0.717, 1.165) is 35.9 Å². The number of alkyl halides is 1. The number of allylic oxidation sites excluding steroid dienone is 1. The number of nitrogens with one attached hydrogen (secondary N) is 1. The van der Waals surface area contributed by atoms with E-state index in [9.17, 15) is 0 Å². The van der Waals surface area contributed by atoms with Crippen molar-refractivity contribution in [2.45, 2.75) is 25.7 Å². The van der Waals surface area contributed by atoms with Crippen LogP contribution in [-0.4, -0.2) is 17.5 Å². The molecule has 5 heteroatoms. The van der Waals surface area contributed by atoms with Crippen LogP contribution < -0.4 is 5.32 Å². The average molecular weight is 308 g/mol. The zero-order valence-corrected chi connectivity index (χ0v) is 10.5. The Bertz CT molecular complexity index is 199. The Hall–Kier alpha value is -0.420. The highest BCUT2D eigenvalue weighted by molar-refractivity contribution is 14.1. The van der Waals surface area contributed by atoms with Crippen LogP contribution in [0.5, 0.6) is 0 Å². The molecule has 0 rings (SSSR count). The van der Waals surface area contributed by atoms with Gasteiger partial charge in [0.1, 0.15) is 0 Å². The van der Waals surface area contributed by atoms with Gasteiger partial charge in [0.15, 0.2) is 0 Å². The second-order valence-corrected chi connectivity index (χ2v) is 3.80. The van der Waals surface area contributed by atoms with Crippen LogP contribution in [0.1, 0.15) is 25.7 Å². The van der Waals surface area contributed by atoms with Gasteiger partial charge in [-0.05, 0) is 18.4 Å². The summed E-state index contributed by atoms with van der Waals surface area (Å²) in [6.07, 6.45) is 4.48. The molecule has 0 aromatic heterocycles. The van der Waals surface area contributed by atoms with Crippen LogP contribution in [0.2, 0.25) is 0 Å². The molecule has 14 heavy (non-hydrogen) atoms. The molecule has 0 radical (unpaired) electrons. The lowest BCUT2D eigenvalue weighted by Gasteiger charge is -2.05. The molecule has 0 amide bonds. The van der Waals surface area contributed by atoms with Gasteiger partial charge in [-0.15, -0.1) is 0 Å². The zero-order chi connectivity index (χ0) is 10.6. The second-order valence-electron chi connectivity index (χ2n) is 3.03. The summed E-state index contributed by atoms with van der Waals surface area (Å²) in [5.41, 5.74) is 9.13. The van der Waals surface area contributed by atoms with Crippen LogP contribution in [0.4, 0.5) is 0 Å². The van der Waals surface area contributed by atoms with Crippen molar-refractivity contribution in [1.82, 2.24) is 5.32 Å². The lowest BCUT2D eigenvalue weighted by Crippen LogP contribution is -2.14. The zero-order valence-electron chi connectivity index (χ0n) is 8.38. The highest BCUT2D eigenvalue weighted by Gasteiger charge is 1.91. The van der Waals surface area contributed by atoms with Gasteiger partial charge >= 0.3 is 0 Å². The molecule has 0 aliphatic carbocycles. The van der Waals surface area contributed by atoms with E-state index in [0.29, 0.717) is 6.54 Å². The number of rotatable bonds is 9. The van der Waals surface area contributed by atoms with Crippen molar-refractivity contribution in [3.8, 4) is 0 Å². The van der Waals surface area contributed by atoms with Gasteiger partial charge in [-0.2, -0.15) is 0 Å². The summed E-state index contributed by atoms with van der Waals surface area (Å²) < 4.78 is 0.967. The third-order valence-corrected chi connectivity index (χ3v) is 2.71. The number of azide groups is 1. The van der Waals surface area contributed by atoms with Crippen LogP contribution >= 0.6 is 22.6 Å². The highest BCUT2D eigenvalue weighted by atomic mass is 127. The number of hydrogen-bond acceptors (Lipinski definition) is 2. The lowest BCUT2D eigenvalue weighted by molar-refractivity contribution is 0.623. The average Bonchev–Trinajstić information content (AvgIpc) is 2.21. The summed E-state index contributed by atoms with van der Waals surface area (Å²) in [6.45, 7) is 5.49. The Balaban J connectivity index is 3.06. The van der Waals surface area contributed by atoms with Crippen LogP contribution in [0.15, 0.2) is 17.4 Å². The molecule has 0 aromatic carbocycles. The normalized spacial score (nSPS) is 9.21. The van der Waals surface area contributed by atoms with Crippen molar-refractivity contribution in [2.75, 3.05) is 17.5 Å². The van der Waals surface area contributed by atoms with Crippen molar-refractivity contribution in [3.05, 3.63) is 22.7 Å². The van der Waals surface area contributed by atoms with Crippen LogP contribution in [0.25, 0.3) is 10.4 Å². The van der Waals surface area contributed by atoms with Crippen molar-refractivity contribution in [3.63, 3.8) is 0 Å². The molecule has 4 nitrogen and oxygen atoms in total. The van der Waals surface area contributed by atoms with Gasteiger partial charge in [-0.25, -0.2) is 0 Å². The van der Waals surface area contributed by atoms with Gasteiger partial charge in [-0.1, -0.05) is 47.1 Å². The van der Waals surface area contributed by atoms with E-state index in [-0.39, 0.29) is 0 Å². The molecule has 0 unspecified atom stereocenters. The summed E-state index contributed by atoms with van der Waals surface area (Å²) >= 11 is 2.29. The Morgan fingerprint density at radius 3 is 2.71 bits per heavy atom. The maximum absolute atomic E-state index is 8.03. The number of unbranched alkanes of at least 4 members (excludes halogenated alkanes) is 3. The monoisotopic (exact) mass is 308 g/mol. The van der Waals surface area contributed by atoms with E-state index >= 15 is 0 Å². The Morgan fingerprint density at radius 1 is 1.36 bits per heavy atom. The van der Waals surface area contributed by atoms with E-state index in [2.05, 4.69) is 44.5 Å². The number of nitrogens with zero attached hydrogens (tertiary/aromatic N) is 3. The molecule has 0 heterocycles. The maximum atomic E-state index is 8.03. The van der Waals surface area contributed by atoms with E-state index in [1.54, 1.807) is 0 Å². The first-order chi connectivity index (χ1) is 6.81. The first kappa shape index (κ1) is 13.6. The fourth-order valence-corrected chi connectivity index (χ4v) is 1.29. The predicted octanol–water partition coefficient (Wildman–Crippen LogP) is 3.40. The molecule has 0 bridgehead atoms. The molecular formula is C9H17IN4. The third kappa shape index (κ3) is 9.67.